The Labute approximate surface area is 118 Å². The molecule has 20 heavy (non-hydrogen) atoms. The summed E-state index contributed by atoms with van der Waals surface area (Å²) >= 11 is 0. The maximum absolute atomic E-state index is 11.1. The first-order chi connectivity index (χ1) is 9.50. The zero-order valence-corrected chi connectivity index (χ0v) is 11.9. The Morgan fingerprint density at radius 1 is 1.05 bits per heavy atom. The maximum atomic E-state index is 11.1. The average Bonchev–Trinajstić information content (AvgIpc) is 2.39. The van der Waals surface area contributed by atoms with Crippen molar-refractivity contribution in [3.63, 3.8) is 0 Å². The molecule has 0 radical (unpaired) electrons. The quantitative estimate of drug-likeness (QED) is 0.916. The summed E-state index contributed by atoms with van der Waals surface area (Å²) in [6.07, 6.45) is 0. The minimum absolute atomic E-state index is 0.281. The van der Waals surface area contributed by atoms with Gasteiger partial charge in [-0.25, -0.2) is 4.79 Å². The molecule has 0 heterocycles. The van der Waals surface area contributed by atoms with Gasteiger partial charge in [0.25, 0.3) is 0 Å². The minimum Gasteiger partial charge on any atom is -0.489 e. The molecule has 0 aromatic heterocycles. The lowest BCUT2D eigenvalue weighted by atomic mass is 10.0. The molecule has 1 N–H and O–H groups in total. The number of carboxylic acid groups (broad SMARTS) is 1. The molecule has 0 bridgehead atoms. The van der Waals surface area contributed by atoms with Gasteiger partial charge in [0.15, 0.2) is 0 Å². The van der Waals surface area contributed by atoms with E-state index in [1.807, 2.05) is 32.0 Å². The van der Waals surface area contributed by atoms with Gasteiger partial charge in [-0.2, -0.15) is 0 Å². The van der Waals surface area contributed by atoms with Gasteiger partial charge in [-0.15, -0.1) is 0 Å². The van der Waals surface area contributed by atoms with E-state index in [2.05, 4.69) is 0 Å². The van der Waals surface area contributed by atoms with Crippen molar-refractivity contribution in [2.24, 2.45) is 0 Å². The summed E-state index contributed by atoms with van der Waals surface area (Å²) in [4.78, 5) is 11.1. The highest BCUT2D eigenvalue weighted by Crippen LogP contribution is 2.23. The molecule has 3 nitrogen and oxygen atoms in total. The summed E-state index contributed by atoms with van der Waals surface area (Å²) in [6.45, 7) is 6.31. The van der Waals surface area contributed by atoms with E-state index < -0.39 is 5.97 Å². The minimum atomic E-state index is -0.931. The van der Waals surface area contributed by atoms with Crippen molar-refractivity contribution in [3.05, 3.63) is 64.2 Å². The molecule has 0 amide bonds. The van der Waals surface area contributed by atoms with Crippen molar-refractivity contribution in [3.8, 4) is 5.75 Å². The summed E-state index contributed by atoms with van der Waals surface area (Å²) in [5.41, 5.74) is 4.44. The van der Waals surface area contributed by atoms with Crippen LogP contribution in [0.15, 0.2) is 36.4 Å². The third-order valence-electron chi connectivity index (χ3n) is 3.53. The van der Waals surface area contributed by atoms with Crippen LogP contribution < -0.4 is 4.74 Å². The lowest BCUT2D eigenvalue weighted by Crippen LogP contribution is -2.05. The van der Waals surface area contributed by atoms with Gasteiger partial charge in [0, 0.05) is 5.56 Å². The second kappa shape index (κ2) is 5.78. The molecule has 0 saturated carbocycles. The maximum Gasteiger partial charge on any atom is 0.336 e. The van der Waals surface area contributed by atoms with Crippen LogP contribution in [0.3, 0.4) is 0 Å². The van der Waals surface area contributed by atoms with Crippen molar-refractivity contribution >= 4 is 5.97 Å². The van der Waals surface area contributed by atoms with Crippen molar-refractivity contribution in [1.29, 1.82) is 0 Å². The predicted molar refractivity (Wildman–Crippen MR) is 78.4 cm³/mol. The Kier molecular flexibility index (Phi) is 4.08. The lowest BCUT2D eigenvalue weighted by molar-refractivity contribution is 0.0695. The number of aryl methyl sites for hydroxylation is 2. The van der Waals surface area contributed by atoms with E-state index in [1.54, 1.807) is 25.1 Å². The Bertz CT molecular complexity index is 624. The van der Waals surface area contributed by atoms with Gasteiger partial charge >= 0.3 is 5.97 Å². The molecule has 0 aliphatic rings. The molecule has 2 rings (SSSR count). The fourth-order valence-electron chi connectivity index (χ4n) is 2.23. The van der Waals surface area contributed by atoms with Crippen molar-refractivity contribution in [2.45, 2.75) is 27.4 Å². The van der Waals surface area contributed by atoms with Crippen molar-refractivity contribution < 1.29 is 14.6 Å². The fraction of sp³-hybridized carbons (Fsp3) is 0.235. The third kappa shape index (κ3) is 2.82. The number of ether oxygens (including phenoxy) is 1. The fourth-order valence-corrected chi connectivity index (χ4v) is 2.23. The number of hydrogen-bond donors (Lipinski definition) is 1. The Morgan fingerprint density at radius 2 is 1.65 bits per heavy atom. The number of carbonyl (C=O) groups is 1. The highest BCUT2D eigenvalue weighted by atomic mass is 16.5. The summed E-state index contributed by atoms with van der Waals surface area (Å²) in [5, 5.41) is 9.11. The highest BCUT2D eigenvalue weighted by molar-refractivity contribution is 5.90. The molecule has 3 heteroatoms. The van der Waals surface area contributed by atoms with Gasteiger partial charge in [-0.1, -0.05) is 24.3 Å². The summed E-state index contributed by atoms with van der Waals surface area (Å²) in [7, 11) is 0. The number of rotatable bonds is 4. The summed E-state index contributed by atoms with van der Waals surface area (Å²) in [6, 6.07) is 11.2. The van der Waals surface area contributed by atoms with Gasteiger partial charge < -0.3 is 9.84 Å². The van der Waals surface area contributed by atoms with E-state index in [4.69, 9.17) is 9.84 Å². The van der Waals surface area contributed by atoms with Crippen LogP contribution in [0.5, 0.6) is 5.75 Å². The van der Waals surface area contributed by atoms with Gasteiger partial charge in [-0.3, -0.25) is 0 Å². The summed E-state index contributed by atoms with van der Waals surface area (Å²) in [5.74, 6) is -0.312. The molecular weight excluding hydrogens is 252 g/mol. The Morgan fingerprint density at radius 3 is 2.25 bits per heavy atom. The predicted octanol–water partition coefficient (Wildman–Crippen LogP) is 3.89. The van der Waals surface area contributed by atoms with E-state index in [1.165, 1.54) is 11.1 Å². The first-order valence-corrected chi connectivity index (χ1v) is 6.51. The second-order valence-corrected chi connectivity index (χ2v) is 4.89. The van der Waals surface area contributed by atoms with E-state index in [9.17, 15) is 4.79 Å². The van der Waals surface area contributed by atoms with E-state index in [0.717, 1.165) is 5.56 Å². The molecular formula is C17H18O3. The van der Waals surface area contributed by atoms with Crippen LogP contribution in [0.25, 0.3) is 0 Å². The molecule has 2 aromatic carbocycles. The topological polar surface area (TPSA) is 46.5 Å². The molecule has 0 aliphatic heterocycles. The SMILES string of the molecule is Cc1cccc(C)c1COc1cccc(C(=O)O)c1C. The average molecular weight is 270 g/mol. The first-order valence-electron chi connectivity index (χ1n) is 6.51. The Balaban J connectivity index is 2.24. The van der Waals surface area contributed by atoms with Gasteiger partial charge in [0.2, 0.25) is 0 Å². The van der Waals surface area contributed by atoms with Gasteiger partial charge in [0.1, 0.15) is 12.4 Å². The monoisotopic (exact) mass is 270 g/mol. The lowest BCUT2D eigenvalue weighted by Gasteiger charge is -2.14. The molecule has 0 aliphatic carbocycles. The number of benzene rings is 2. The standard InChI is InChI=1S/C17H18O3/c1-11-6-4-7-12(2)15(11)10-20-16-9-5-8-14(13(16)3)17(18)19/h4-9H,10H2,1-3H3,(H,18,19). The van der Waals surface area contributed by atoms with Crippen LogP contribution in [0.1, 0.15) is 32.6 Å². The van der Waals surface area contributed by atoms with Crippen LogP contribution in [0, 0.1) is 20.8 Å². The zero-order chi connectivity index (χ0) is 14.7. The van der Waals surface area contributed by atoms with Crippen molar-refractivity contribution in [2.75, 3.05) is 0 Å². The van der Waals surface area contributed by atoms with Crippen LogP contribution in [0.4, 0.5) is 0 Å². The molecule has 0 saturated heterocycles. The molecule has 2 aromatic rings. The number of aromatic carboxylic acids is 1. The van der Waals surface area contributed by atoms with E-state index in [-0.39, 0.29) is 5.56 Å². The normalized spacial score (nSPS) is 10.3. The third-order valence-corrected chi connectivity index (χ3v) is 3.53. The molecule has 0 unspecified atom stereocenters. The number of carboxylic acids is 1. The Hall–Kier alpha value is -2.29. The largest absolute Gasteiger partial charge is 0.489 e. The molecule has 0 spiro atoms. The first kappa shape index (κ1) is 14.1. The summed E-state index contributed by atoms with van der Waals surface area (Å²) < 4.78 is 5.81. The molecule has 104 valence electrons. The second-order valence-electron chi connectivity index (χ2n) is 4.89. The van der Waals surface area contributed by atoms with E-state index >= 15 is 0 Å². The van der Waals surface area contributed by atoms with Crippen LogP contribution in [-0.4, -0.2) is 11.1 Å². The number of hydrogen-bond acceptors (Lipinski definition) is 2. The van der Waals surface area contributed by atoms with Gasteiger partial charge in [0.05, 0.1) is 5.56 Å². The van der Waals surface area contributed by atoms with Crippen LogP contribution in [-0.2, 0) is 6.61 Å². The smallest absolute Gasteiger partial charge is 0.336 e. The van der Waals surface area contributed by atoms with Crippen LogP contribution >= 0.6 is 0 Å². The molecule has 0 fully saturated rings. The van der Waals surface area contributed by atoms with Crippen LogP contribution in [0.2, 0.25) is 0 Å². The van der Waals surface area contributed by atoms with Crippen molar-refractivity contribution in [1.82, 2.24) is 0 Å². The van der Waals surface area contributed by atoms with Gasteiger partial charge in [-0.05, 0) is 49.6 Å². The molecule has 0 atom stereocenters. The highest BCUT2D eigenvalue weighted by Gasteiger charge is 2.11. The zero-order valence-electron chi connectivity index (χ0n) is 11.9. The van der Waals surface area contributed by atoms with E-state index in [0.29, 0.717) is 17.9 Å².